The van der Waals surface area contributed by atoms with Crippen molar-refractivity contribution in [1.82, 2.24) is 0 Å². The van der Waals surface area contributed by atoms with Crippen molar-refractivity contribution in [2.24, 2.45) is 5.73 Å². The number of hydrogen-bond acceptors (Lipinski definition) is 7. The first kappa shape index (κ1) is 43.4. The summed E-state index contributed by atoms with van der Waals surface area (Å²) in [5, 5.41) is 8.27. The van der Waals surface area contributed by atoms with Gasteiger partial charge < -0.3 is 32.7 Å². The maximum Gasteiger partial charge on any atom is 2.00 e. The molecule has 0 rings (SSSR count). The Bertz CT molecular complexity index is 112. The number of rotatable bonds is 4. The molecule has 0 bridgehead atoms. The molecule has 0 aromatic heterocycles. The molecule has 0 saturated heterocycles. The molecule has 7 N–H and O–H groups in total. The van der Waals surface area contributed by atoms with E-state index in [0.717, 1.165) is 5.75 Å². The van der Waals surface area contributed by atoms with E-state index in [1.165, 1.54) is 0 Å². The molecule has 0 fully saturated rings. The number of hydrogen-bond donors (Lipinski definition) is 2. The predicted octanol–water partition coefficient (Wildman–Crippen LogP) is -1.32. The second-order valence-electron chi connectivity index (χ2n) is 1.73. The predicted molar refractivity (Wildman–Crippen MR) is 57.9 cm³/mol. The van der Waals surface area contributed by atoms with E-state index < -0.39 is 12.0 Å². The largest absolute Gasteiger partial charge is 2.00 e. The number of aliphatic carboxylic acids is 1. The third-order valence-corrected chi connectivity index (χ3v) is 1.59. The molecule has 86 valence electrons. The Hall–Kier alpha value is 2.14. The van der Waals surface area contributed by atoms with Gasteiger partial charge in [-0.1, -0.05) is 0 Å². The van der Waals surface area contributed by atoms with Crippen LogP contribution < -0.4 is 5.73 Å². The fraction of sp³-hybridized carbons (Fsp3) is 0.800. The molecule has 0 radical (unpaired) electrons. The summed E-state index contributed by atoms with van der Waals surface area (Å²) in [5.74, 6) is -0.1000. The maximum atomic E-state index is 10.1. The summed E-state index contributed by atoms with van der Waals surface area (Å²) in [6.07, 6.45) is 2.48. The van der Waals surface area contributed by atoms with Crippen LogP contribution in [0.15, 0.2) is 0 Å². The Balaban J connectivity index is -0.0000000213. The van der Waals surface area contributed by atoms with Gasteiger partial charge in [0.15, 0.2) is 0 Å². The average Bonchev–Trinajstić information content (AvgIpc) is 1.82. The van der Waals surface area contributed by atoms with E-state index in [9.17, 15) is 4.79 Å². The molecule has 0 aromatic carbocycles. The van der Waals surface area contributed by atoms with Gasteiger partial charge in [0.1, 0.15) is 6.04 Å². The molecule has 0 heterocycles. The Morgan fingerprint density at radius 2 is 1.60 bits per heavy atom. The van der Waals surface area contributed by atoms with Gasteiger partial charge in [0.2, 0.25) is 0 Å². The van der Waals surface area contributed by atoms with Crippen molar-refractivity contribution in [1.29, 1.82) is 0 Å². The van der Waals surface area contributed by atoms with E-state index in [-0.39, 0.29) is 97.4 Å². The molecule has 0 saturated carbocycles. The Morgan fingerprint density at radius 1 is 1.27 bits per heavy atom. The number of nitrogens with two attached hydrogens (primary N) is 1. The van der Waals surface area contributed by atoms with Crippen LogP contribution in [0.4, 0.5) is 0 Å². The van der Waals surface area contributed by atoms with Crippen molar-refractivity contribution in [3.05, 3.63) is 0 Å². The summed E-state index contributed by atoms with van der Waals surface area (Å²) >= 11 is 1.60. The zero-order valence-corrected chi connectivity index (χ0v) is 13.8. The topological polar surface area (TPSA) is 183 Å². The second kappa shape index (κ2) is 29.8. The summed E-state index contributed by atoms with van der Waals surface area (Å²) < 4.78 is 0. The summed E-state index contributed by atoms with van der Waals surface area (Å²) in [6, 6.07) is -0.683. The van der Waals surface area contributed by atoms with Crippen LogP contribution in [0.3, 0.4) is 0 Å². The van der Waals surface area contributed by atoms with Crippen molar-refractivity contribution in [3.8, 4) is 0 Å². The van der Waals surface area contributed by atoms with Crippen LogP contribution >= 0.6 is 11.8 Å². The third-order valence-electron chi connectivity index (χ3n) is 0.950. The van der Waals surface area contributed by atoms with E-state index in [0.29, 0.717) is 6.42 Å². The van der Waals surface area contributed by atoms with E-state index in [1.54, 1.807) is 11.8 Å². The molecule has 10 heteroatoms. The Labute approximate surface area is 153 Å². The van der Waals surface area contributed by atoms with Crippen LogP contribution in [0.5, 0.6) is 0 Å². The SMILES string of the molecule is CSCCC(N)C(=O)O.[Ca+2].[Ca+2].[OH-].[OH-].[OH-].[OH-]. The van der Waals surface area contributed by atoms with Gasteiger partial charge in [0.25, 0.3) is 0 Å². The molecular weight excluding hydrogens is 282 g/mol. The van der Waals surface area contributed by atoms with Gasteiger partial charge in [-0.15, -0.1) is 0 Å². The van der Waals surface area contributed by atoms with Crippen LogP contribution in [-0.4, -0.2) is 127 Å². The number of carbonyl (C=O) groups is 1. The molecular formula is C5H15Ca2NO6S. The zero-order valence-electron chi connectivity index (χ0n) is 8.54. The molecule has 0 amide bonds. The fourth-order valence-electron chi connectivity index (χ4n) is 0.368. The normalized spacial score (nSPS) is 7.87. The molecule has 0 aliphatic rings. The van der Waals surface area contributed by atoms with Crippen LogP contribution in [0.1, 0.15) is 6.42 Å². The van der Waals surface area contributed by atoms with Gasteiger partial charge in [0.05, 0.1) is 0 Å². The number of thioether (sulfide) groups is 1. The summed E-state index contributed by atoms with van der Waals surface area (Å²) in [5.41, 5.74) is 5.19. The van der Waals surface area contributed by atoms with Crippen molar-refractivity contribution in [3.63, 3.8) is 0 Å². The molecule has 0 spiro atoms. The van der Waals surface area contributed by atoms with Gasteiger partial charge in [-0.2, -0.15) is 11.8 Å². The number of carboxylic acid groups (broad SMARTS) is 1. The van der Waals surface area contributed by atoms with Gasteiger partial charge in [-0.3, -0.25) is 4.79 Å². The first-order valence-electron chi connectivity index (χ1n) is 2.65. The van der Waals surface area contributed by atoms with E-state index in [4.69, 9.17) is 10.8 Å². The quantitative estimate of drug-likeness (QED) is 0.598. The first-order chi connectivity index (χ1) is 4.18. The van der Waals surface area contributed by atoms with E-state index in [1.807, 2.05) is 6.26 Å². The summed E-state index contributed by atoms with van der Waals surface area (Å²) in [7, 11) is 0. The van der Waals surface area contributed by atoms with Crippen LogP contribution in [-0.2, 0) is 4.79 Å². The molecule has 0 aliphatic heterocycles. The van der Waals surface area contributed by atoms with Crippen molar-refractivity contribution in [2.45, 2.75) is 12.5 Å². The molecule has 1 unspecified atom stereocenters. The van der Waals surface area contributed by atoms with Gasteiger partial charge in [-0.05, 0) is 18.4 Å². The second-order valence-corrected chi connectivity index (χ2v) is 2.71. The Kier molecular flexibility index (Phi) is 86.3. The fourth-order valence-corrected chi connectivity index (χ4v) is 0.858. The van der Waals surface area contributed by atoms with E-state index in [2.05, 4.69) is 0 Å². The van der Waals surface area contributed by atoms with E-state index >= 15 is 0 Å². The molecule has 1 atom stereocenters. The standard InChI is InChI=1S/C5H11NO2S.2Ca.4H2O/c1-9-3-2-4(6)5(7)8;;;;;;/h4H,2-3,6H2,1H3,(H,7,8);;;4*1H2/q;2*+2;;;;/p-4. The summed E-state index contributed by atoms with van der Waals surface area (Å²) in [6.45, 7) is 0. The molecule has 7 nitrogen and oxygen atoms in total. The van der Waals surface area contributed by atoms with Crippen molar-refractivity contribution >= 4 is 93.2 Å². The van der Waals surface area contributed by atoms with Crippen LogP contribution in [0, 0.1) is 0 Å². The molecule has 0 aromatic rings. The van der Waals surface area contributed by atoms with Gasteiger partial charge in [-0.25, -0.2) is 0 Å². The average molecular weight is 297 g/mol. The zero-order chi connectivity index (χ0) is 7.28. The minimum atomic E-state index is -0.913. The van der Waals surface area contributed by atoms with Crippen LogP contribution in [0.25, 0.3) is 0 Å². The molecule has 15 heavy (non-hydrogen) atoms. The first-order valence-corrected chi connectivity index (χ1v) is 4.05. The third kappa shape index (κ3) is 31.4. The van der Waals surface area contributed by atoms with Crippen LogP contribution in [0.2, 0.25) is 0 Å². The van der Waals surface area contributed by atoms with Crippen molar-refractivity contribution < 1.29 is 31.8 Å². The monoisotopic (exact) mass is 297 g/mol. The van der Waals surface area contributed by atoms with Gasteiger partial charge >= 0.3 is 81.4 Å². The molecule has 0 aliphatic carbocycles. The smallest absolute Gasteiger partial charge is 0.870 e. The van der Waals surface area contributed by atoms with Crippen molar-refractivity contribution in [2.75, 3.05) is 12.0 Å². The van der Waals surface area contributed by atoms with Gasteiger partial charge in [0, 0.05) is 0 Å². The summed E-state index contributed by atoms with van der Waals surface area (Å²) in [4.78, 5) is 10.1. The number of carboxylic acids is 1. The maximum absolute atomic E-state index is 10.1. The minimum Gasteiger partial charge on any atom is -0.870 e. The Morgan fingerprint density at radius 3 is 1.80 bits per heavy atom. The minimum absolute atomic E-state index is 0.